The lowest BCUT2D eigenvalue weighted by Crippen LogP contribution is -2.38. The molecule has 2 N–H and O–H groups in total. The van der Waals surface area contributed by atoms with Crippen LogP contribution in [0.4, 0.5) is 0 Å². The smallest absolute Gasteiger partial charge is 0.194 e. The maximum Gasteiger partial charge on any atom is 0.194 e. The molecule has 0 spiro atoms. The minimum atomic E-state index is -0.483. The predicted octanol–water partition coefficient (Wildman–Crippen LogP) is -0.365. The van der Waals surface area contributed by atoms with Crippen molar-refractivity contribution in [1.82, 2.24) is 20.2 Å². The van der Waals surface area contributed by atoms with Gasteiger partial charge in [0.25, 0.3) is 0 Å². The minimum absolute atomic E-state index is 0.369. The van der Waals surface area contributed by atoms with Crippen molar-refractivity contribution < 1.29 is 4.74 Å². The summed E-state index contributed by atoms with van der Waals surface area (Å²) in [6.45, 7) is 3.77. The van der Waals surface area contributed by atoms with Crippen molar-refractivity contribution in [2.24, 2.45) is 12.8 Å². The normalized spacial score (nSPS) is 14.5. The molecular formula is C7H15N5O. The number of nitrogens with two attached hydrogens (primary N) is 1. The second-order valence-electron chi connectivity index (χ2n) is 3.42. The highest BCUT2D eigenvalue weighted by molar-refractivity contribution is 4.97. The van der Waals surface area contributed by atoms with Gasteiger partial charge in [0.05, 0.1) is 18.7 Å². The van der Waals surface area contributed by atoms with Crippen LogP contribution in [0.1, 0.15) is 25.7 Å². The largest absolute Gasteiger partial charge is 0.377 e. The van der Waals surface area contributed by atoms with Crippen LogP contribution in [0.3, 0.4) is 0 Å². The highest BCUT2D eigenvalue weighted by atomic mass is 16.5. The Kier molecular flexibility index (Phi) is 2.63. The van der Waals surface area contributed by atoms with E-state index in [-0.39, 0.29) is 6.04 Å². The van der Waals surface area contributed by atoms with E-state index >= 15 is 0 Å². The van der Waals surface area contributed by atoms with Crippen molar-refractivity contribution in [3.8, 4) is 0 Å². The van der Waals surface area contributed by atoms with Crippen molar-refractivity contribution in [2.45, 2.75) is 25.5 Å². The SMILES string of the molecule is COC(C)(C)C(N)c1nnn(C)n1. The third-order valence-electron chi connectivity index (χ3n) is 2.08. The number of aryl methyl sites for hydroxylation is 1. The first kappa shape index (κ1) is 10.1. The average molecular weight is 185 g/mol. The molecule has 6 heteroatoms. The fourth-order valence-electron chi connectivity index (χ4n) is 0.861. The summed E-state index contributed by atoms with van der Waals surface area (Å²) in [4.78, 5) is 1.38. The van der Waals surface area contributed by atoms with Crippen LogP contribution >= 0.6 is 0 Å². The van der Waals surface area contributed by atoms with E-state index in [2.05, 4.69) is 15.4 Å². The molecule has 74 valence electrons. The van der Waals surface area contributed by atoms with Crippen molar-refractivity contribution in [1.29, 1.82) is 0 Å². The first-order valence-electron chi connectivity index (χ1n) is 4.02. The molecule has 13 heavy (non-hydrogen) atoms. The average Bonchev–Trinajstić information content (AvgIpc) is 2.50. The van der Waals surface area contributed by atoms with Gasteiger partial charge in [-0.1, -0.05) is 0 Å². The molecule has 0 radical (unpaired) electrons. The van der Waals surface area contributed by atoms with Crippen molar-refractivity contribution in [3.05, 3.63) is 5.82 Å². The lowest BCUT2D eigenvalue weighted by molar-refractivity contribution is -0.00229. The van der Waals surface area contributed by atoms with Crippen LogP contribution in [-0.4, -0.2) is 32.9 Å². The summed E-state index contributed by atoms with van der Waals surface area (Å²) in [5.74, 6) is 0.495. The minimum Gasteiger partial charge on any atom is -0.377 e. The molecule has 0 bridgehead atoms. The summed E-state index contributed by atoms with van der Waals surface area (Å²) in [5.41, 5.74) is 5.41. The predicted molar refractivity (Wildman–Crippen MR) is 46.8 cm³/mol. The molecule has 0 aliphatic carbocycles. The van der Waals surface area contributed by atoms with E-state index in [1.807, 2.05) is 13.8 Å². The van der Waals surface area contributed by atoms with Gasteiger partial charge >= 0.3 is 0 Å². The third-order valence-corrected chi connectivity index (χ3v) is 2.08. The van der Waals surface area contributed by atoms with Crippen LogP contribution < -0.4 is 5.73 Å². The molecule has 0 aliphatic rings. The molecule has 1 atom stereocenters. The van der Waals surface area contributed by atoms with Crippen LogP contribution in [0.15, 0.2) is 0 Å². The zero-order chi connectivity index (χ0) is 10.1. The Bertz CT molecular complexity index is 282. The molecule has 1 aromatic heterocycles. The molecule has 1 rings (SSSR count). The second kappa shape index (κ2) is 3.39. The lowest BCUT2D eigenvalue weighted by Gasteiger charge is -2.27. The molecule has 0 aromatic carbocycles. The van der Waals surface area contributed by atoms with Gasteiger partial charge in [0.2, 0.25) is 0 Å². The third kappa shape index (κ3) is 2.02. The number of hydrogen-bond acceptors (Lipinski definition) is 5. The van der Waals surface area contributed by atoms with Crippen molar-refractivity contribution >= 4 is 0 Å². The van der Waals surface area contributed by atoms with E-state index in [1.165, 1.54) is 4.80 Å². The van der Waals surface area contributed by atoms with Gasteiger partial charge in [0.1, 0.15) is 0 Å². The van der Waals surface area contributed by atoms with E-state index in [9.17, 15) is 0 Å². The fourth-order valence-corrected chi connectivity index (χ4v) is 0.861. The van der Waals surface area contributed by atoms with E-state index in [4.69, 9.17) is 10.5 Å². The number of nitrogens with zero attached hydrogens (tertiary/aromatic N) is 4. The Morgan fingerprint density at radius 3 is 2.54 bits per heavy atom. The number of rotatable bonds is 3. The van der Waals surface area contributed by atoms with Crippen molar-refractivity contribution in [2.75, 3.05) is 7.11 Å². The van der Waals surface area contributed by atoms with E-state index in [0.29, 0.717) is 5.82 Å². The molecule has 0 aliphatic heterocycles. The van der Waals surface area contributed by atoms with Crippen LogP contribution in [0.25, 0.3) is 0 Å². The maximum absolute atomic E-state index is 5.89. The molecule has 6 nitrogen and oxygen atoms in total. The van der Waals surface area contributed by atoms with Gasteiger partial charge < -0.3 is 10.5 Å². The summed E-state index contributed by atoms with van der Waals surface area (Å²) in [7, 11) is 3.30. The topological polar surface area (TPSA) is 78.9 Å². The number of ether oxygens (including phenoxy) is 1. The van der Waals surface area contributed by atoms with Gasteiger partial charge in [-0.2, -0.15) is 4.80 Å². The van der Waals surface area contributed by atoms with Gasteiger partial charge in [0, 0.05) is 7.11 Å². The number of tetrazole rings is 1. The van der Waals surface area contributed by atoms with Gasteiger partial charge in [-0.3, -0.25) is 0 Å². The van der Waals surface area contributed by atoms with Crippen molar-refractivity contribution in [3.63, 3.8) is 0 Å². The molecule has 0 fully saturated rings. The Balaban J connectivity index is 2.84. The van der Waals surface area contributed by atoms with E-state index in [0.717, 1.165) is 0 Å². The van der Waals surface area contributed by atoms with Crippen LogP contribution in [-0.2, 0) is 11.8 Å². The number of aromatic nitrogens is 4. The number of methoxy groups -OCH3 is 1. The highest BCUT2D eigenvalue weighted by Gasteiger charge is 2.30. The van der Waals surface area contributed by atoms with E-state index in [1.54, 1.807) is 14.2 Å². The van der Waals surface area contributed by atoms with Gasteiger partial charge in [0.15, 0.2) is 5.82 Å². The Morgan fingerprint density at radius 1 is 1.54 bits per heavy atom. The molecular weight excluding hydrogens is 170 g/mol. The van der Waals surface area contributed by atoms with Gasteiger partial charge in [-0.25, -0.2) is 0 Å². The van der Waals surface area contributed by atoms with Crippen LogP contribution in [0, 0.1) is 0 Å². The van der Waals surface area contributed by atoms with Crippen LogP contribution in [0.5, 0.6) is 0 Å². The van der Waals surface area contributed by atoms with Crippen LogP contribution in [0.2, 0.25) is 0 Å². The fraction of sp³-hybridized carbons (Fsp3) is 0.857. The summed E-state index contributed by atoms with van der Waals surface area (Å²) in [6, 6.07) is -0.369. The van der Waals surface area contributed by atoms with E-state index < -0.39 is 5.60 Å². The Labute approximate surface area is 77.1 Å². The summed E-state index contributed by atoms with van der Waals surface area (Å²) in [6.07, 6.45) is 0. The first-order chi connectivity index (χ1) is 5.97. The Hall–Kier alpha value is -1.01. The molecule has 1 aromatic rings. The van der Waals surface area contributed by atoms with Gasteiger partial charge in [-0.05, 0) is 19.1 Å². The standard InChI is InChI=1S/C7H15N5O/c1-7(2,13-4)5(8)6-9-11-12(3)10-6/h5H,8H2,1-4H3. The number of hydrogen-bond donors (Lipinski definition) is 1. The Morgan fingerprint density at radius 2 is 2.15 bits per heavy atom. The lowest BCUT2D eigenvalue weighted by atomic mass is 9.99. The molecule has 1 heterocycles. The quantitative estimate of drug-likeness (QED) is 0.695. The monoisotopic (exact) mass is 185 g/mol. The molecule has 0 saturated carbocycles. The summed E-state index contributed by atoms with van der Waals surface area (Å²) < 4.78 is 5.22. The zero-order valence-corrected chi connectivity index (χ0v) is 8.35. The maximum atomic E-state index is 5.89. The van der Waals surface area contributed by atoms with Gasteiger partial charge in [-0.15, -0.1) is 10.2 Å². The zero-order valence-electron chi connectivity index (χ0n) is 8.35. The molecule has 1 unspecified atom stereocenters. The second-order valence-corrected chi connectivity index (χ2v) is 3.42. The molecule has 0 saturated heterocycles. The first-order valence-corrected chi connectivity index (χ1v) is 4.02. The summed E-state index contributed by atoms with van der Waals surface area (Å²) >= 11 is 0. The molecule has 0 amide bonds. The summed E-state index contributed by atoms with van der Waals surface area (Å²) in [5, 5.41) is 11.5. The highest BCUT2D eigenvalue weighted by Crippen LogP contribution is 2.22.